The minimum absolute atomic E-state index is 0.00390. The summed E-state index contributed by atoms with van der Waals surface area (Å²) < 4.78 is 0. The molecule has 4 rings (SSSR count). The molecule has 0 bridgehead atoms. The largest absolute Gasteiger partial charge is 0.351 e. The van der Waals surface area contributed by atoms with Crippen molar-refractivity contribution in [3.05, 3.63) is 70.8 Å². The Morgan fingerprint density at radius 1 is 0.926 bits per heavy atom. The van der Waals surface area contributed by atoms with Crippen molar-refractivity contribution in [3.63, 3.8) is 0 Å². The maximum atomic E-state index is 12.9. The van der Waals surface area contributed by atoms with Crippen molar-refractivity contribution in [2.75, 3.05) is 13.1 Å². The number of fused-ring (bicyclic) bond motifs is 1. The molecule has 3 nitrogen and oxygen atoms in total. The molecule has 142 valence electrons. The fraction of sp³-hybridized carbons (Fsp3) is 0.458. The summed E-state index contributed by atoms with van der Waals surface area (Å²) in [5, 5.41) is 3.23. The number of piperidine rings is 1. The lowest BCUT2D eigenvalue weighted by Crippen LogP contribution is -2.32. The van der Waals surface area contributed by atoms with Crippen LogP contribution in [0.25, 0.3) is 0 Å². The van der Waals surface area contributed by atoms with E-state index in [4.69, 9.17) is 0 Å². The highest BCUT2D eigenvalue weighted by molar-refractivity contribution is 5.84. The fourth-order valence-corrected chi connectivity index (χ4v) is 4.57. The summed E-state index contributed by atoms with van der Waals surface area (Å²) in [6.07, 6.45) is 7.12. The van der Waals surface area contributed by atoms with Crippen molar-refractivity contribution < 1.29 is 4.79 Å². The van der Waals surface area contributed by atoms with Gasteiger partial charge < -0.3 is 5.32 Å². The van der Waals surface area contributed by atoms with Crippen molar-refractivity contribution in [3.8, 4) is 0 Å². The molecule has 2 aliphatic rings. The minimum Gasteiger partial charge on any atom is -0.351 e. The summed E-state index contributed by atoms with van der Waals surface area (Å²) in [6, 6.07) is 17.0. The summed E-state index contributed by atoms with van der Waals surface area (Å²) in [5.41, 5.74) is 5.17. The Labute approximate surface area is 162 Å². The number of aryl methyl sites for hydroxylation is 1. The number of carbonyl (C=O) groups is 1. The van der Waals surface area contributed by atoms with Gasteiger partial charge in [-0.1, -0.05) is 55.0 Å². The molecular formula is C24H30N2O. The molecule has 1 amide bonds. The van der Waals surface area contributed by atoms with Crippen molar-refractivity contribution in [1.29, 1.82) is 0 Å². The molecule has 2 aromatic rings. The highest BCUT2D eigenvalue weighted by Crippen LogP contribution is 2.31. The molecule has 1 atom stereocenters. The van der Waals surface area contributed by atoms with E-state index in [-0.39, 0.29) is 11.8 Å². The van der Waals surface area contributed by atoms with E-state index >= 15 is 0 Å². The van der Waals surface area contributed by atoms with E-state index in [9.17, 15) is 4.79 Å². The second-order valence-corrected chi connectivity index (χ2v) is 7.97. The highest BCUT2D eigenvalue weighted by atomic mass is 16.1. The molecule has 1 fully saturated rings. The van der Waals surface area contributed by atoms with Crippen LogP contribution >= 0.6 is 0 Å². The molecule has 0 saturated carbocycles. The molecule has 1 heterocycles. The number of benzene rings is 2. The molecule has 0 aromatic heterocycles. The van der Waals surface area contributed by atoms with Crippen LogP contribution in [0.4, 0.5) is 0 Å². The number of rotatable bonds is 5. The predicted octanol–water partition coefficient (Wildman–Crippen LogP) is 4.41. The number of hydrogen-bond acceptors (Lipinski definition) is 2. The Hall–Kier alpha value is -2.13. The lowest BCUT2D eigenvalue weighted by Gasteiger charge is -2.27. The highest BCUT2D eigenvalue weighted by Gasteiger charge is 2.26. The Bertz CT molecular complexity index is 779. The SMILES string of the molecule is O=C(NCc1ccccc1CN1CCCCC1)C1CCCc2ccccc21. The number of nitrogens with one attached hydrogen (secondary N) is 1. The van der Waals surface area contributed by atoms with Gasteiger partial charge in [0, 0.05) is 13.1 Å². The maximum Gasteiger partial charge on any atom is 0.227 e. The van der Waals surface area contributed by atoms with E-state index in [2.05, 4.69) is 58.7 Å². The third-order valence-electron chi connectivity index (χ3n) is 6.10. The van der Waals surface area contributed by atoms with Gasteiger partial charge in [0.15, 0.2) is 0 Å². The molecule has 0 radical (unpaired) electrons. The zero-order chi connectivity index (χ0) is 18.5. The van der Waals surface area contributed by atoms with Crippen LogP contribution in [0.2, 0.25) is 0 Å². The van der Waals surface area contributed by atoms with Crippen LogP contribution in [-0.2, 0) is 24.3 Å². The smallest absolute Gasteiger partial charge is 0.227 e. The average molecular weight is 363 g/mol. The first-order valence-electron chi connectivity index (χ1n) is 10.5. The predicted molar refractivity (Wildman–Crippen MR) is 110 cm³/mol. The van der Waals surface area contributed by atoms with Crippen LogP contribution in [0, 0.1) is 0 Å². The number of hydrogen-bond donors (Lipinski definition) is 1. The van der Waals surface area contributed by atoms with E-state index in [1.165, 1.54) is 54.6 Å². The van der Waals surface area contributed by atoms with Crippen molar-refractivity contribution in [1.82, 2.24) is 10.2 Å². The summed E-state index contributed by atoms with van der Waals surface area (Å²) in [7, 11) is 0. The van der Waals surface area contributed by atoms with Crippen LogP contribution in [-0.4, -0.2) is 23.9 Å². The van der Waals surface area contributed by atoms with Crippen LogP contribution in [0.15, 0.2) is 48.5 Å². The van der Waals surface area contributed by atoms with Crippen LogP contribution in [0.1, 0.15) is 60.3 Å². The van der Waals surface area contributed by atoms with E-state index in [1.54, 1.807) is 0 Å². The molecule has 1 saturated heterocycles. The summed E-state index contributed by atoms with van der Waals surface area (Å²) in [5.74, 6) is 0.180. The summed E-state index contributed by atoms with van der Waals surface area (Å²) >= 11 is 0. The topological polar surface area (TPSA) is 32.3 Å². The zero-order valence-corrected chi connectivity index (χ0v) is 16.1. The van der Waals surface area contributed by atoms with Gasteiger partial charge in [-0.25, -0.2) is 0 Å². The summed E-state index contributed by atoms with van der Waals surface area (Å²) in [4.78, 5) is 15.5. The van der Waals surface area contributed by atoms with E-state index in [0.29, 0.717) is 6.54 Å². The normalized spacial score (nSPS) is 20.1. The Morgan fingerprint density at radius 2 is 1.67 bits per heavy atom. The third-order valence-corrected chi connectivity index (χ3v) is 6.10. The zero-order valence-electron chi connectivity index (χ0n) is 16.1. The maximum absolute atomic E-state index is 12.9. The quantitative estimate of drug-likeness (QED) is 0.854. The van der Waals surface area contributed by atoms with Gasteiger partial charge in [-0.15, -0.1) is 0 Å². The van der Waals surface area contributed by atoms with Gasteiger partial charge in [-0.2, -0.15) is 0 Å². The number of likely N-dealkylation sites (tertiary alicyclic amines) is 1. The Kier molecular flexibility index (Phi) is 5.88. The van der Waals surface area contributed by atoms with Crippen molar-refractivity contribution >= 4 is 5.91 Å². The van der Waals surface area contributed by atoms with Crippen LogP contribution < -0.4 is 5.32 Å². The van der Waals surface area contributed by atoms with E-state index in [1.807, 2.05) is 0 Å². The molecule has 1 unspecified atom stereocenters. The van der Waals surface area contributed by atoms with Gasteiger partial charge in [0.1, 0.15) is 0 Å². The molecule has 1 aliphatic carbocycles. The molecular weight excluding hydrogens is 332 g/mol. The van der Waals surface area contributed by atoms with Gasteiger partial charge in [0.25, 0.3) is 0 Å². The molecule has 27 heavy (non-hydrogen) atoms. The first-order valence-corrected chi connectivity index (χ1v) is 10.5. The summed E-state index contributed by atoms with van der Waals surface area (Å²) in [6.45, 7) is 4.01. The molecule has 3 heteroatoms. The standard InChI is InChI=1S/C24H30N2O/c27-24(23-14-8-12-19-9-4-5-13-22(19)23)25-17-20-10-2-3-11-21(20)18-26-15-6-1-7-16-26/h2-5,9-11,13,23H,1,6-8,12,14-18H2,(H,25,27). The average Bonchev–Trinajstić information content (AvgIpc) is 2.73. The monoisotopic (exact) mass is 362 g/mol. The second kappa shape index (κ2) is 8.71. The first-order chi connectivity index (χ1) is 13.3. The Balaban J connectivity index is 1.41. The first kappa shape index (κ1) is 18.2. The second-order valence-electron chi connectivity index (χ2n) is 7.97. The van der Waals surface area contributed by atoms with Crippen LogP contribution in [0.5, 0.6) is 0 Å². The van der Waals surface area contributed by atoms with Gasteiger partial charge >= 0.3 is 0 Å². The lowest BCUT2D eigenvalue weighted by atomic mass is 9.82. The van der Waals surface area contributed by atoms with Gasteiger partial charge in [-0.3, -0.25) is 9.69 Å². The van der Waals surface area contributed by atoms with Crippen molar-refractivity contribution in [2.24, 2.45) is 0 Å². The van der Waals surface area contributed by atoms with Gasteiger partial charge in [-0.05, 0) is 67.4 Å². The van der Waals surface area contributed by atoms with Gasteiger partial charge in [0.2, 0.25) is 5.91 Å². The van der Waals surface area contributed by atoms with E-state index < -0.39 is 0 Å². The number of nitrogens with zero attached hydrogens (tertiary/aromatic N) is 1. The van der Waals surface area contributed by atoms with E-state index in [0.717, 1.165) is 25.8 Å². The number of amides is 1. The molecule has 2 aromatic carbocycles. The Morgan fingerprint density at radius 3 is 2.52 bits per heavy atom. The molecule has 1 N–H and O–H groups in total. The van der Waals surface area contributed by atoms with Crippen LogP contribution in [0.3, 0.4) is 0 Å². The minimum atomic E-state index is 0.00390. The van der Waals surface area contributed by atoms with Crippen molar-refractivity contribution in [2.45, 2.75) is 57.5 Å². The van der Waals surface area contributed by atoms with Gasteiger partial charge in [0.05, 0.1) is 5.92 Å². The number of carbonyl (C=O) groups excluding carboxylic acids is 1. The molecule has 1 aliphatic heterocycles. The molecule has 0 spiro atoms. The third kappa shape index (κ3) is 4.41. The fourth-order valence-electron chi connectivity index (χ4n) is 4.57. The lowest BCUT2D eigenvalue weighted by molar-refractivity contribution is -0.123.